The normalized spacial score (nSPS) is 11.2. The van der Waals surface area contributed by atoms with Crippen LogP contribution in [0, 0.1) is 0 Å². The van der Waals surface area contributed by atoms with Crippen LogP contribution in [0.2, 0.25) is 10.0 Å². The SMILES string of the molecule is CCCCCCCOc1c(Cl)cc(C(=O)Nc2ccc(S(=O)(=O)N(C)c3ccccc3)cc2)cc1Cl. The van der Waals surface area contributed by atoms with Gasteiger partial charge >= 0.3 is 0 Å². The van der Waals surface area contributed by atoms with Crippen LogP contribution in [0.1, 0.15) is 49.4 Å². The molecule has 6 nitrogen and oxygen atoms in total. The first-order valence-corrected chi connectivity index (χ1v) is 14.0. The number of nitrogens with one attached hydrogen (secondary N) is 1. The summed E-state index contributed by atoms with van der Waals surface area (Å²) in [7, 11) is -2.25. The molecule has 0 aliphatic rings. The minimum Gasteiger partial charge on any atom is -0.490 e. The zero-order valence-electron chi connectivity index (χ0n) is 20.3. The fraction of sp³-hybridized carbons (Fsp3) is 0.296. The number of halogens is 2. The van der Waals surface area contributed by atoms with Gasteiger partial charge in [0.25, 0.3) is 15.9 Å². The molecule has 3 aromatic carbocycles. The monoisotopic (exact) mass is 548 g/mol. The summed E-state index contributed by atoms with van der Waals surface area (Å²) in [6.07, 6.45) is 5.52. The lowest BCUT2D eigenvalue weighted by Gasteiger charge is -2.19. The number of unbranched alkanes of at least 4 members (excludes halogenated alkanes) is 4. The molecule has 0 atom stereocenters. The molecule has 0 bridgehead atoms. The van der Waals surface area contributed by atoms with Crippen molar-refractivity contribution < 1.29 is 17.9 Å². The van der Waals surface area contributed by atoms with Gasteiger partial charge in [-0.3, -0.25) is 9.10 Å². The Hall–Kier alpha value is -2.74. The Bertz CT molecular complexity index is 1240. The summed E-state index contributed by atoms with van der Waals surface area (Å²) >= 11 is 12.7. The molecule has 192 valence electrons. The number of hydrogen-bond acceptors (Lipinski definition) is 4. The van der Waals surface area contributed by atoms with Crippen molar-refractivity contribution in [3.63, 3.8) is 0 Å². The van der Waals surface area contributed by atoms with Crippen molar-refractivity contribution in [1.82, 2.24) is 0 Å². The molecule has 9 heteroatoms. The molecular weight excluding hydrogens is 519 g/mol. The highest BCUT2D eigenvalue weighted by molar-refractivity contribution is 7.92. The van der Waals surface area contributed by atoms with E-state index < -0.39 is 15.9 Å². The van der Waals surface area contributed by atoms with Gasteiger partial charge in [-0.1, -0.05) is 74.0 Å². The standard InChI is InChI=1S/C27H30Cl2N2O4S/c1-3-4-5-6-10-17-35-26-24(28)18-20(19-25(26)29)27(32)30-21-13-15-23(16-14-21)36(33,34)31(2)22-11-8-7-9-12-22/h7-9,11-16,18-19H,3-6,10,17H2,1-2H3,(H,30,32). The molecule has 36 heavy (non-hydrogen) atoms. The molecule has 0 saturated carbocycles. The van der Waals surface area contributed by atoms with Crippen LogP contribution in [0.4, 0.5) is 11.4 Å². The quantitative estimate of drug-likeness (QED) is 0.239. The number of ether oxygens (including phenoxy) is 1. The second kappa shape index (κ2) is 13.0. The fourth-order valence-corrected chi connectivity index (χ4v) is 5.35. The number of para-hydroxylation sites is 1. The molecule has 0 fully saturated rings. The number of nitrogens with zero attached hydrogens (tertiary/aromatic N) is 1. The molecule has 3 aromatic rings. The molecule has 0 saturated heterocycles. The van der Waals surface area contributed by atoms with E-state index in [0.29, 0.717) is 23.7 Å². The Morgan fingerprint density at radius 1 is 0.917 bits per heavy atom. The molecular formula is C27H30Cl2N2O4S. The first kappa shape index (κ1) is 27.8. The minimum atomic E-state index is -3.75. The van der Waals surface area contributed by atoms with Gasteiger partial charge in [-0.05, 0) is 55.0 Å². The molecule has 0 radical (unpaired) electrons. The third-order valence-corrected chi connectivity index (χ3v) is 8.01. The Balaban J connectivity index is 1.64. The summed E-state index contributed by atoms with van der Waals surface area (Å²) in [6.45, 7) is 2.67. The van der Waals surface area contributed by atoms with E-state index >= 15 is 0 Å². The molecule has 0 aliphatic carbocycles. The van der Waals surface area contributed by atoms with Crippen LogP contribution in [-0.2, 0) is 10.0 Å². The van der Waals surface area contributed by atoms with E-state index in [4.69, 9.17) is 27.9 Å². The molecule has 0 unspecified atom stereocenters. The lowest BCUT2D eigenvalue weighted by Crippen LogP contribution is -2.26. The van der Waals surface area contributed by atoms with Crippen LogP contribution in [0.25, 0.3) is 0 Å². The average molecular weight is 550 g/mol. The van der Waals surface area contributed by atoms with Crippen molar-refractivity contribution >= 4 is 50.5 Å². The van der Waals surface area contributed by atoms with Crippen LogP contribution in [0.15, 0.2) is 71.6 Å². The molecule has 1 amide bonds. The second-order valence-corrected chi connectivity index (χ2v) is 11.1. The molecule has 0 aromatic heterocycles. The average Bonchev–Trinajstić information content (AvgIpc) is 2.87. The lowest BCUT2D eigenvalue weighted by atomic mass is 10.1. The van der Waals surface area contributed by atoms with Gasteiger partial charge in [0.2, 0.25) is 0 Å². The molecule has 0 spiro atoms. The third kappa shape index (κ3) is 7.15. The summed E-state index contributed by atoms with van der Waals surface area (Å²) in [6, 6.07) is 17.7. The van der Waals surface area contributed by atoms with E-state index in [1.165, 1.54) is 60.6 Å². The lowest BCUT2D eigenvalue weighted by molar-refractivity contribution is 0.102. The van der Waals surface area contributed by atoms with Gasteiger partial charge in [-0.25, -0.2) is 8.42 Å². The van der Waals surface area contributed by atoms with E-state index in [-0.39, 0.29) is 20.5 Å². The van der Waals surface area contributed by atoms with E-state index in [2.05, 4.69) is 12.2 Å². The van der Waals surface area contributed by atoms with Crippen molar-refractivity contribution in [2.75, 3.05) is 23.3 Å². The fourth-order valence-electron chi connectivity index (χ4n) is 3.56. The minimum absolute atomic E-state index is 0.106. The third-order valence-electron chi connectivity index (χ3n) is 5.65. The van der Waals surface area contributed by atoms with Gasteiger partial charge < -0.3 is 10.1 Å². The highest BCUT2D eigenvalue weighted by atomic mass is 35.5. The van der Waals surface area contributed by atoms with Crippen molar-refractivity contribution in [3.05, 3.63) is 82.3 Å². The Morgan fingerprint density at radius 3 is 2.14 bits per heavy atom. The van der Waals surface area contributed by atoms with Crippen molar-refractivity contribution in [3.8, 4) is 5.75 Å². The van der Waals surface area contributed by atoms with Crippen LogP contribution in [0.5, 0.6) is 5.75 Å². The van der Waals surface area contributed by atoms with Gasteiger partial charge in [0.05, 0.1) is 27.2 Å². The highest BCUT2D eigenvalue weighted by Gasteiger charge is 2.21. The highest BCUT2D eigenvalue weighted by Crippen LogP contribution is 2.35. The molecule has 3 rings (SSSR count). The van der Waals surface area contributed by atoms with Crippen LogP contribution in [0.3, 0.4) is 0 Å². The Kier molecular flexibility index (Phi) is 10.0. The first-order valence-electron chi connectivity index (χ1n) is 11.8. The van der Waals surface area contributed by atoms with Gasteiger partial charge in [0.15, 0.2) is 5.75 Å². The number of sulfonamides is 1. The summed E-state index contributed by atoms with van der Waals surface area (Å²) in [5, 5.41) is 3.25. The number of hydrogen-bond donors (Lipinski definition) is 1. The van der Waals surface area contributed by atoms with Crippen molar-refractivity contribution in [2.45, 2.75) is 43.9 Å². The molecule has 0 aliphatic heterocycles. The summed E-state index contributed by atoms with van der Waals surface area (Å²) < 4.78 is 32.8. The molecule has 0 heterocycles. The summed E-state index contributed by atoms with van der Waals surface area (Å²) in [5.74, 6) is -0.0654. The predicted octanol–water partition coefficient (Wildman–Crippen LogP) is 7.42. The summed E-state index contributed by atoms with van der Waals surface area (Å²) in [5.41, 5.74) is 1.24. The number of anilines is 2. The van der Waals surface area contributed by atoms with E-state index in [1.807, 2.05) is 6.07 Å². The summed E-state index contributed by atoms with van der Waals surface area (Å²) in [4.78, 5) is 12.9. The van der Waals surface area contributed by atoms with E-state index in [0.717, 1.165) is 19.3 Å². The maximum Gasteiger partial charge on any atom is 0.264 e. The molecule has 1 N–H and O–H groups in total. The largest absolute Gasteiger partial charge is 0.490 e. The maximum atomic E-state index is 12.9. The Morgan fingerprint density at radius 2 is 1.53 bits per heavy atom. The smallest absolute Gasteiger partial charge is 0.264 e. The van der Waals surface area contributed by atoms with Crippen LogP contribution >= 0.6 is 23.2 Å². The second-order valence-electron chi connectivity index (χ2n) is 8.32. The number of benzene rings is 3. The van der Waals surface area contributed by atoms with Gasteiger partial charge in [0.1, 0.15) is 0 Å². The maximum absolute atomic E-state index is 12.9. The number of amides is 1. The number of carbonyl (C=O) groups excluding carboxylic acids is 1. The van der Waals surface area contributed by atoms with Crippen molar-refractivity contribution in [1.29, 1.82) is 0 Å². The van der Waals surface area contributed by atoms with Gasteiger partial charge in [-0.15, -0.1) is 0 Å². The van der Waals surface area contributed by atoms with Crippen molar-refractivity contribution in [2.24, 2.45) is 0 Å². The zero-order chi connectivity index (χ0) is 26.1. The predicted molar refractivity (Wildman–Crippen MR) is 147 cm³/mol. The zero-order valence-corrected chi connectivity index (χ0v) is 22.7. The van der Waals surface area contributed by atoms with Crippen LogP contribution < -0.4 is 14.4 Å². The van der Waals surface area contributed by atoms with E-state index in [1.54, 1.807) is 24.3 Å². The number of rotatable bonds is 12. The van der Waals surface area contributed by atoms with Gasteiger partial charge in [-0.2, -0.15) is 0 Å². The Labute approximate surface area is 223 Å². The van der Waals surface area contributed by atoms with E-state index in [9.17, 15) is 13.2 Å². The topological polar surface area (TPSA) is 75.7 Å². The van der Waals surface area contributed by atoms with Gasteiger partial charge in [0, 0.05) is 18.3 Å². The first-order chi connectivity index (χ1) is 17.2. The van der Waals surface area contributed by atoms with Crippen LogP contribution in [-0.4, -0.2) is 28.0 Å². The number of carbonyl (C=O) groups is 1.